The molecule has 1 aliphatic rings. The van der Waals surface area contributed by atoms with Crippen LogP contribution in [0.1, 0.15) is 361 Å². The highest BCUT2D eigenvalue weighted by atomic mass is 16.7. The summed E-state index contributed by atoms with van der Waals surface area (Å²) in [6.45, 7) is 3.90. The van der Waals surface area contributed by atoms with Gasteiger partial charge in [0, 0.05) is 6.42 Å². The monoisotopic (exact) mass is 1090 g/mol. The Morgan fingerprint density at radius 2 is 0.727 bits per heavy atom. The fraction of sp³-hybridized carbons (Fsp3) is 0.956. The number of aliphatic hydroxyl groups excluding tert-OH is 5. The van der Waals surface area contributed by atoms with E-state index < -0.39 is 49.5 Å². The Morgan fingerprint density at radius 3 is 1.05 bits per heavy atom. The molecule has 77 heavy (non-hydrogen) atoms. The lowest BCUT2D eigenvalue weighted by Crippen LogP contribution is -2.60. The van der Waals surface area contributed by atoms with Crippen molar-refractivity contribution in [3.63, 3.8) is 0 Å². The SMILES string of the molecule is CCCCCCCCCC/C=C\CCCCCCCCCCCCCCCCCCCCCCCC(=O)NC(COC1OC(CO)C(O)C(O)C1O)C(O)CCCCCCCCCCCCCCCCCCCCCCC. The van der Waals surface area contributed by atoms with Crippen LogP contribution in [0.2, 0.25) is 0 Å². The summed E-state index contributed by atoms with van der Waals surface area (Å²) in [5.41, 5.74) is 0. The molecule has 1 heterocycles. The lowest BCUT2D eigenvalue weighted by molar-refractivity contribution is -0.302. The van der Waals surface area contributed by atoms with E-state index in [1.807, 2.05) is 0 Å². The third kappa shape index (κ3) is 47.2. The second-order valence-corrected chi connectivity index (χ2v) is 24.3. The molecule has 9 heteroatoms. The summed E-state index contributed by atoms with van der Waals surface area (Å²) in [6, 6.07) is -0.716. The first-order chi connectivity index (χ1) is 37.8. The number of hydrogen-bond donors (Lipinski definition) is 6. The van der Waals surface area contributed by atoms with Crippen molar-refractivity contribution < 1.29 is 39.8 Å². The largest absolute Gasteiger partial charge is 0.394 e. The minimum absolute atomic E-state index is 0.132. The van der Waals surface area contributed by atoms with E-state index in [-0.39, 0.29) is 12.5 Å². The van der Waals surface area contributed by atoms with Gasteiger partial charge in [0.15, 0.2) is 6.29 Å². The van der Waals surface area contributed by atoms with Crippen molar-refractivity contribution in [3.05, 3.63) is 12.2 Å². The third-order valence-electron chi connectivity index (χ3n) is 16.9. The van der Waals surface area contributed by atoms with Gasteiger partial charge in [0.05, 0.1) is 25.4 Å². The molecule has 0 saturated carbocycles. The third-order valence-corrected chi connectivity index (χ3v) is 16.9. The minimum Gasteiger partial charge on any atom is -0.394 e. The molecule has 0 spiro atoms. The van der Waals surface area contributed by atoms with Crippen molar-refractivity contribution in [1.29, 1.82) is 0 Å². The molecule has 0 bridgehead atoms. The molecule has 7 atom stereocenters. The van der Waals surface area contributed by atoms with Gasteiger partial charge in [0.2, 0.25) is 5.91 Å². The number of aliphatic hydroxyl groups is 5. The van der Waals surface area contributed by atoms with Gasteiger partial charge in [0.25, 0.3) is 0 Å². The molecule has 0 aromatic heterocycles. The first kappa shape index (κ1) is 73.9. The van der Waals surface area contributed by atoms with Crippen molar-refractivity contribution in [2.24, 2.45) is 0 Å². The van der Waals surface area contributed by atoms with Crippen LogP contribution in [0.15, 0.2) is 12.2 Å². The normalized spacial score (nSPS) is 18.7. The van der Waals surface area contributed by atoms with E-state index in [2.05, 4.69) is 31.3 Å². The Balaban J connectivity index is 2.08. The predicted molar refractivity (Wildman–Crippen MR) is 327 cm³/mol. The molecule has 458 valence electrons. The zero-order valence-electron chi connectivity index (χ0n) is 51.3. The van der Waals surface area contributed by atoms with Crippen LogP contribution in [0.25, 0.3) is 0 Å². The molecule has 1 rings (SSSR count). The average molecular weight is 1090 g/mol. The Hall–Kier alpha value is -1.07. The van der Waals surface area contributed by atoms with Gasteiger partial charge in [-0.2, -0.15) is 0 Å². The van der Waals surface area contributed by atoms with E-state index >= 15 is 0 Å². The lowest BCUT2D eigenvalue weighted by Gasteiger charge is -2.40. The number of hydrogen-bond acceptors (Lipinski definition) is 8. The molecule has 1 aliphatic heterocycles. The summed E-state index contributed by atoms with van der Waals surface area (Å²) in [5, 5.41) is 54.9. The number of carbonyl (C=O) groups excluding carboxylic acids is 1. The zero-order valence-corrected chi connectivity index (χ0v) is 51.3. The highest BCUT2D eigenvalue weighted by Crippen LogP contribution is 2.24. The van der Waals surface area contributed by atoms with Crippen LogP contribution in [0.5, 0.6) is 0 Å². The first-order valence-electron chi connectivity index (χ1n) is 34.4. The van der Waals surface area contributed by atoms with Crippen LogP contribution in [-0.2, 0) is 14.3 Å². The molecule has 1 amide bonds. The van der Waals surface area contributed by atoms with Crippen LogP contribution in [0, 0.1) is 0 Å². The molecule has 0 aromatic carbocycles. The van der Waals surface area contributed by atoms with Crippen LogP contribution in [0.3, 0.4) is 0 Å². The highest BCUT2D eigenvalue weighted by Gasteiger charge is 2.44. The first-order valence-corrected chi connectivity index (χ1v) is 34.4. The van der Waals surface area contributed by atoms with Gasteiger partial charge in [0.1, 0.15) is 24.4 Å². The van der Waals surface area contributed by atoms with E-state index in [9.17, 15) is 30.3 Å². The number of carbonyl (C=O) groups is 1. The van der Waals surface area contributed by atoms with Gasteiger partial charge >= 0.3 is 0 Å². The average Bonchev–Trinajstić information content (AvgIpc) is 3.43. The summed E-state index contributed by atoms with van der Waals surface area (Å²) in [5.74, 6) is -0.135. The maximum atomic E-state index is 13.1. The van der Waals surface area contributed by atoms with Crippen LogP contribution < -0.4 is 5.32 Å². The summed E-state index contributed by atoms with van der Waals surface area (Å²) >= 11 is 0. The van der Waals surface area contributed by atoms with Crippen molar-refractivity contribution in [2.75, 3.05) is 13.2 Å². The second-order valence-electron chi connectivity index (χ2n) is 24.3. The maximum absolute atomic E-state index is 13.1. The summed E-state index contributed by atoms with van der Waals surface area (Å²) in [4.78, 5) is 13.1. The number of allylic oxidation sites excluding steroid dienone is 2. The number of unbranched alkanes of at least 4 members (excludes halogenated alkanes) is 49. The van der Waals surface area contributed by atoms with Crippen molar-refractivity contribution in [1.82, 2.24) is 5.32 Å². The summed E-state index contributed by atoms with van der Waals surface area (Å²) < 4.78 is 11.4. The lowest BCUT2D eigenvalue weighted by atomic mass is 9.99. The topological polar surface area (TPSA) is 149 Å². The van der Waals surface area contributed by atoms with E-state index in [1.54, 1.807) is 0 Å². The summed E-state index contributed by atoms with van der Waals surface area (Å²) in [6.07, 6.45) is 67.1. The van der Waals surface area contributed by atoms with E-state index in [0.717, 1.165) is 38.5 Å². The van der Waals surface area contributed by atoms with Gasteiger partial charge in [-0.1, -0.05) is 328 Å². The molecular weight excluding hydrogens is 959 g/mol. The summed E-state index contributed by atoms with van der Waals surface area (Å²) in [7, 11) is 0. The molecular formula is C68H133NO8. The quantitative estimate of drug-likeness (QED) is 0.0261. The van der Waals surface area contributed by atoms with Crippen molar-refractivity contribution in [2.45, 2.75) is 403 Å². The zero-order chi connectivity index (χ0) is 55.8. The minimum atomic E-state index is -1.55. The molecule has 9 nitrogen and oxygen atoms in total. The van der Waals surface area contributed by atoms with Gasteiger partial charge < -0.3 is 40.3 Å². The van der Waals surface area contributed by atoms with Gasteiger partial charge in [-0.25, -0.2) is 0 Å². The molecule has 0 aliphatic carbocycles. The predicted octanol–water partition coefficient (Wildman–Crippen LogP) is 18.3. The van der Waals surface area contributed by atoms with Gasteiger partial charge in [-0.15, -0.1) is 0 Å². The maximum Gasteiger partial charge on any atom is 0.220 e. The Morgan fingerprint density at radius 1 is 0.429 bits per heavy atom. The molecule has 1 saturated heterocycles. The number of rotatable bonds is 61. The molecule has 0 aromatic rings. The number of nitrogens with one attached hydrogen (secondary N) is 1. The Bertz CT molecular complexity index is 1220. The molecule has 6 N–H and O–H groups in total. The van der Waals surface area contributed by atoms with E-state index in [1.165, 1.54) is 295 Å². The van der Waals surface area contributed by atoms with Crippen molar-refractivity contribution in [3.8, 4) is 0 Å². The van der Waals surface area contributed by atoms with E-state index in [4.69, 9.17) is 9.47 Å². The van der Waals surface area contributed by atoms with E-state index in [0.29, 0.717) is 12.8 Å². The van der Waals surface area contributed by atoms with Crippen LogP contribution in [0.4, 0.5) is 0 Å². The smallest absolute Gasteiger partial charge is 0.220 e. The standard InChI is InChI=1S/C68H133NO8/c1-3-5-7-9-11-13-15-17-19-21-23-25-26-27-28-29-30-31-32-33-34-35-36-38-40-42-44-46-48-50-52-54-56-58-64(72)69-61(60-76-68-67(75)66(74)65(73)63(59-70)77-68)62(71)57-55-53-51-49-47-45-43-41-39-37-24-22-20-18-16-14-12-10-8-6-4-2/h21,23,61-63,65-68,70-71,73-75H,3-20,22,24-60H2,1-2H3,(H,69,72)/b23-21-. The number of amides is 1. The fourth-order valence-electron chi connectivity index (χ4n) is 11.5. The Kier molecular flexibility index (Phi) is 55.8. The molecule has 1 fully saturated rings. The van der Waals surface area contributed by atoms with Crippen LogP contribution in [-0.4, -0.2) is 87.5 Å². The number of ether oxygens (including phenoxy) is 2. The van der Waals surface area contributed by atoms with Gasteiger partial charge in [-0.05, 0) is 38.5 Å². The molecule has 7 unspecified atom stereocenters. The molecule has 0 radical (unpaired) electrons. The fourth-order valence-corrected chi connectivity index (χ4v) is 11.5. The van der Waals surface area contributed by atoms with Crippen LogP contribution >= 0.6 is 0 Å². The Labute approximate surface area is 477 Å². The highest BCUT2D eigenvalue weighted by molar-refractivity contribution is 5.76. The second kappa shape index (κ2) is 58.1. The van der Waals surface area contributed by atoms with Crippen molar-refractivity contribution >= 4 is 5.91 Å². The van der Waals surface area contributed by atoms with Gasteiger partial charge in [-0.3, -0.25) is 4.79 Å².